The number of aromatic nitrogens is 2. The van der Waals surface area contributed by atoms with Gasteiger partial charge in [0.2, 0.25) is 5.91 Å². The van der Waals surface area contributed by atoms with Crippen LogP contribution in [0, 0.1) is 0 Å². The molecule has 1 atom stereocenters. The minimum atomic E-state index is -0.444. The summed E-state index contributed by atoms with van der Waals surface area (Å²) in [4.78, 5) is 21.5. The SMILES string of the molecule is Nc1cc(N)nc(SC(C(=O)NC2CCCCCC2)c2ccccc2)n1. The first-order valence-corrected chi connectivity index (χ1v) is 9.92. The zero-order valence-corrected chi connectivity index (χ0v) is 15.5. The molecule has 0 bridgehead atoms. The lowest BCUT2D eigenvalue weighted by molar-refractivity contribution is -0.121. The number of rotatable bonds is 5. The van der Waals surface area contributed by atoms with Crippen molar-refractivity contribution < 1.29 is 4.79 Å². The lowest BCUT2D eigenvalue weighted by atomic mass is 10.1. The highest BCUT2D eigenvalue weighted by molar-refractivity contribution is 8.00. The third-order valence-electron chi connectivity index (χ3n) is 4.51. The van der Waals surface area contributed by atoms with Crippen LogP contribution in [-0.4, -0.2) is 21.9 Å². The van der Waals surface area contributed by atoms with Crippen LogP contribution in [0.2, 0.25) is 0 Å². The largest absolute Gasteiger partial charge is 0.383 e. The Balaban J connectivity index is 1.79. The number of hydrogen-bond acceptors (Lipinski definition) is 6. The van der Waals surface area contributed by atoms with E-state index in [4.69, 9.17) is 11.5 Å². The van der Waals surface area contributed by atoms with Crippen molar-refractivity contribution in [3.63, 3.8) is 0 Å². The lowest BCUT2D eigenvalue weighted by Gasteiger charge is -2.21. The van der Waals surface area contributed by atoms with E-state index in [-0.39, 0.29) is 11.9 Å². The van der Waals surface area contributed by atoms with Gasteiger partial charge in [0.25, 0.3) is 0 Å². The van der Waals surface area contributed by atoms with Gasteiger partial charge < -0.3 is 16.8 Å². The van der Waals surface area contributed by atoms with Gasteiger partial charge in [0.05, 0.1) is 0 Å². The van der Waals surface area contributed by atoms with Crippen molar-refractivity contribution in [2.24, 2.45) is 0 Å². The summed E-state index contributed by atoms with van der Waals surface area (Å²) in [6.45, 7) is 0. The van der Waals surface area contributed by atoms with E-state index in [0.29, 0.717) is 16.8 Å². The third-order valence-corrected chi connectivity index (χ3v) is 5.63. The molecule has 1 heterocycles. The highest BCUT2D eigenvalue weighted by Crippen LogP contribution is 2.34. The van der Waals surface area contributed by atoms with Crippen molar-refractivity contribution in [2.75, 3.05) is 11.5 Å². The number of anilines is 2. The normalized spacial score (nSPS) is 16.6. The lowest BCUT2D eigenvalue weighted by Crippen LogP contribution is -2.37. The molecule has 1 aliphatic carbocycles. The highest BCUT2D eigenvalue weighted by Gasteiger charge is 2.26. The van der Waals surface area contributed by atoms with E-state index >= 15 is 0 Å². The number of amides is 1. The summed E-state index contributed by atoms with van der Waals surface area (Å²) >= 11 is 1.28. The maximum atomic E-state index is 13.0. The van der Waals surface area contributed by atoms with Crippen molar-refractivity contribution in [1.29, 1.82) is 0 Å². The van der Waals surface area contributed by atoms with Crippen LogP contribution in [0.1, 0.15) is 49.3 Å². The van der Waals surface area contributed by atoms with Gasteiger partial charge in [-0.1, -0.05) is 67.8 Å². The molecule has 1 fully saturated rings. The minimum Gasteiger partial charge on any atom is -0.383 e. The second-order valence-electron chi connectivity index (χ2n) is 6.61. The number of nitrogens with two attached hydrogens (primary N) is 2. The maximum Gasteiger partial charge on any atom is 0.238 e. The van der Waals surface area contributed by atoms with Crippen LogP contribution < -0.4 is 16.8 Å². The van der Waals surface area contributed by atoms with Crippen molar-refractivity contribution in [3.8, 4) is 0 Å². The fourth-order valence-corrected chi connectivity index (χ4v) is 4.22. The third kappa shape index (κ3) is 5.11. The summed E-state index contributed by atoms with van der Waals surface area (Å²) in [6, 6.07) is 11.4. The zero-order chi connectivity index (χ0) is 18.4. The fourth-order valence-electron chi connectivity index (χ4n) is 3.22. The number of hydrogen-bond donors (Lipinski definition) is 3. The summed E-state index contributed by atoms with van der Waals surface area (Å²) in [5.74, 6) is 0.588. The number of carbonyl (C=O) groups is 1. The molecule has 2 aromatic rings. The topological polar surface area (TPSA) is 107 Å². The summed E-state index contributed by atoms with van der Waals surface area (Å²) in [7, 11) is 0. The van der Waals surface area contributed by atoms with Gasteiger partial charge in [-0.25, -0.2) is 9.97 Å². The zero-order valence-electron chi connectivity index (χ0n) is 14.7. The van der Waals surface area contributed by atoms with Crippen LogP contribution >= 0.6 is 11.8 Å². The highest BCUT2D eigenvalue weighted by atomic mass is 32.2. The molecule has 7 heteroatoms. The fraction of sp³-hybridized carbons (Fsp3) is 0.421. The smallest absolute Gasteiger partial charge is 0.238 e. The van der Waals surface area contributed by atoms with Crippen molar-refractivity contribution in [3.05, 3.63) is 42.0 Å². The Morgan fingerprint density at radius 1 is 1.04 bits per heavy atom. The minimum absolute atomic E-state index is 0.0160. The Morgan fingerprint density at radius 2 is 1.65 bits per heavy atom. The number of carbonyl (C=O) groups excluding carboxylic acids is 1. The van der Waals surface area contributed by atoms with E-state index < -0.39 is 5.25 Å². The van der Waals surface area contributed by atoms with Crippen LogP contribution in [0.4, 0.5) is 11.6 Å². The molecule has 1 aromatic carbocycles. The first-order valence-electron chi connectivity index (χ1n) is 9.04. The molecule has 5 N–H and O–H groups in total. The number of nitrogens with zero attached hydrogens (tertiary/aromatic N) is 2. The second kappa shape index (κ2) is 8.89. The summed E-state index contributed by atoms with van der Waals surface area (Å²) < 4.78 is 0. The Kier molecular flexibility index (Phi) is 6.33. The molecule has 1 saturated carbocycles. The summed E-state index contributed by atoms with van der Waals surface area (Å²) in [5, 5.41) is 3.19. The van der Waals surface area contributed by atoms with E-state index in [2.05, 4.69) is 15.3 Å². The molecule has 138 valence electrons. The molecule has 0 spiro atoms. The Labute approximate surface area is 158 Å². The van der Waals surface area contributed by atoms with Gasteiger partial charge in [0.15, 0.2) is 5.16 Å². The Morgan fingerprint density at radius 3 is 2.27 bits per heavy atom. The van der Waals surface area contributed by atoms with Crippen molar-refractivity contribution >= 4 is 29.3 Å². The van der Waals surface area contributed by atoms with Crippen LogP contribution in [-0.2, 0) is 4.79 Å². The van der Waals surface area contributed by atoms with E-state index in [0.717, 1.165) is 18.4 Å². The monoisotopic (exact) mass is 371 g/mol. The van der Waals surface area contributed by atoms with Gasteiger partial charge in [0, 0.05) is 12.1 Å². The predicted molar refractivity (Wildman–Crippen MR) is 106 cm³/mol. The average molecular weight is 372 g/mol. The van der Waals surface area contributed by atoms with Crippen LogP contribution in [0.5, 0.6) is 0 Å². The number of thioether (sulfide) groups is 1. The average Bonchev–Trinajstić information content (AvgIpc) is 2.88. The van der Waals surface area contributed by atoms with Gasteiger partial charge in [-0.2, -0.15) is 0 Å². The Bertz CT molecular complexity index is 712. The van der Waals surface area contributed by atoms with Gasteiger partial charge in [-0.05, 0) is 18.4 Å². The molecule has 0 aliphatic heterocycles. The number of nitrogens with one attached hydrogen (secondary N) is 1. The molecular weight excluding hydrogens is 346 g/mol. The standard InChI is InChI=1S/C19H25N5OS/c20-15-12-16(21)24-19(23-15)26-17(13-8-4-3-5-9-13)18(25)22-14-10-6-1-2-7-11-14/h3-5,8-9,12,14,17H,1-2,6-7,10-11H2,(H,22,25)(H4,20,21,23,24). The summed E-state index contributed by atoms with van der Waals surface area (Å²) in [5.41, 5.74) is 12.5. The van der Waals surface area contributed by atoms with Gasteiger partial charge >= 0.3 is 0 Å². The van der Waals surface area contributed by atoms with E-state index in [9.17, 15) is 4.79 Å². The van der Waals surface area contributed by atoms with Gasteiger partial charge in [0.1, 0.15) is 16.9 Å². The molecular formula is C19H25N5OS. The van der Waals surface area contributed by atoms with Crippen molar-refractivity contribution in [1.82, 2.24) is 15.3 Å². The molecule has 3 rings (SSSR count). The van der Waals surface area contributed by atoms with E-state index in [1.54, 1.807) is 0 Å². The molecule has 1 amide bonds. The quantitative estimate of drug-likeness (QED) is 0.423. The molecule has 6 nitrogen and oxygen atoms in total. The predicted octanol–water partition coefficient (Wildman–Crippen LogP) is 3.31. The maximum absolute atomic E-state index is 13.0. The molecule has 0 radical (unpaired) electrons. The van der Waals surface area contributed by atoms with Crippen LogP contribution in [0.15, 0.2) is 41.6 Å². The van der Waals surface area contributed by atoms with E-state index in [1.807, 2.05) is 30.3 Å². The second-order valence-corrected chi connectivity index (χ2v) is 7.68. The van der Waals surface area contributed by atoms with Gasteiger partial charge in [-0.15, -0.1) is 0 Å². The Hall–Kier alpha value is -2.28. The molecule has 26 heavy (non-hydrogen) atoms. The van der Waals surface area contributed by atoms with Crippen LogP contribution in [0.3, 0.4) is 0 Å². The van der Waals surface area contributed by atoms with Gasteiger partial charge in [-0.3, -0.25) is 4.79 Å². The van der Waals surface area contributed by atoms with Crippen molar-refractivity contribution in [2.45, 2.75) is 55.0 Å². The first-order chi connectivity index (χ1) is 12.6. The summed E-state index contributed by atoms with van der Waals surface area (Å²) in [6.07, 6.45) is 6.92. The molecule has 1 aromatic heterocycles. The van der Waals surface area contributed by atoms with E-state index in [1.165, 1.54) is 43.5 Å². The molecule has 1 aliphatic rings. The van der Waals surface area contributed by atoms with Crippen LogP contribution in [0.25, 0.3) is 0 Å². The molecule has 0 saturated heterocycles. The molecule has 1 unspecified atom stereocenters. The number of nitrogen functional groups attached to an aromatic ring is 2. The first kappa shape index (κ1) is 18.5. The number of benzene rings is 1.